The number of ether oxygens (including phenoxy) is 1. The van der Waals surface area contributed by atoms with Crippen molar-refractivity contribution < 1.29 is 22.7 Å². The Labute approximate surface area is 175 Å². The average Bonchev–Trinajstić information content (AvgIpc) is 2.64. The van der Waals surface area contributed by atoms with Crippen LogP contribution in [0.4, 0.5) is 11.4 Å². The lowest BCUT2D eigenvalue weighted by Crippen LogP contribution is -2.45. The third-order valence-corrected chi connectivity index (χ3v) is 5.67. The Morgan fingerprint density at radius 2 is 1.79 bits per heavy atom. The van der Waals surface area contributed by atoms with Crippen LogP contribution in [0.15, 0.2) is 42.5 Å². The van der Waals surface area contributed by atoms with E-state index in [1.165, 1.54) is 25.1 Å². The fourth-order valence-corrected chi connectivity index (χ4v) is 4.10. The molecule has 1 amide bonds. The number of rotatable bonds is 7. The molecule has 0 bridgehead atoms. The van der Waals surface area contributed by atoms with Crippen LogP contribution >= 0.6 is 11.6 Å². The number of amides is 1. The quantitative estimate of drug-likeness (QED) is 0.666. The van der Waals surface area contributed by atoms with Crippen LogP contribution in [0, 0.1) is 6.92 Å². The summed E-state index contributed by atoms with van der Waals surface area (Å²) in [6.45, 7) is 5.29. The normalized spacial score (nSPS) is 12.2. The van der Waals surface area contributed by atoms with E-state index in [1.54, 1.807) is 31.2 Å². The number of hydrogen-bond acceptors (Lipinski definition) is 5. The van der Waals surface area contributed by atoms with Gasteiger partial charge in [-0.25, -0.2) is 13.2 Å². The van der Waals surface area contributed by atoms with Gasteiger partial charge in [-0.1, -0.05) is 29.3 Å². The summed E-state index contributed by atoms with van der Waals surface area (Å²) in [5.41, 5.74) is 1.85. The van der Waals surface area contributed by atoms with Crippen LogP contribution in [0.3, 0.4) is 0 Å². The Kier molecular flexibility index (Phi) is 7.26. The summed E-state index contributed by atoms with van der Waals surface area (Å²) < 4.78 is 30.6. The number of sulfonamides is 1. The molecule has 0 spiro atoms. The molecular weight excluding hydrogens is 416 g/mol. The Hall–Kier alpha value is -2.58. The van der Waals surface area contributed by atoms with Crippen molar-refractivity contribution in [1.82, 2.24) is 0 Å². The number of carbonyl (C=O) groups excluding carboxylic acids is 2. The second kappa shape index (κ2) is 9.28. The number of nitrogens with one attached hydrogen (secondary N) is 1. The first-order chi connectivity index (χ1) is 13.5. The third kappa shape index (κ3) is 5.71. The van der Waals surface area contributed by atoms with Crippen LogP contribution in [-0.2, 0) is 19.6 Å². The summed E-state index contributed by atoms with van der Waals surface area (Å²) in [5.74, 6) is -1.09. The summed E-state index contributed by atoms with van der Waals surface area (Å²) in [6.07, 6.45) is 1.04. The van der Waals surface area contributed by atoms with Gasteiger partial charge in [0.1, 0.15) is 6.04 Å². The van der Waals surface area contributed by atoms with E-state index >= 15 is 0 Å². The van der Waals surface area contributed by atoms with E-state index in [0.29, 0.717) is 5.69 Å². The predicted molar refractivity (Wildman–Crippen MR) is 114 cm³/mol. The summed E-state index contributed by atoms with van der Waals surface area (Å²) in [7, 11) is -3.72. The predicted octanol–water partition coefficient (Wildman–Crippen LogP) is 3.62. The number of halogens is 1. The molecule has 0 aliphatic heterocycles. The molecule has 0 unspecified atom stereocenters. The summed E-state index contributed by atoms with van der Waals surface area (Å²) >= 11 is 6.17. The van der Waals surface area contributed by atoms with Crippen LogP contribution in [0.25, 0.3) is 0 Å². The van der Waals surface area contributed by atoms with Crippen molar-refractivity contribution >= 4 is 44.9 Å². The Morgan fingerprint density at radius 3 is 2.31 bits per heavy atom. The standard InChI is InChI=1S/C20H23ClN2O5S/c1-5-28-20(25)15-8-11-18(17(21)12-15)22-19(24)14(3)23(29(4,26)27)16-9-6-13(2)7-10-16/h6-12,14H,5H2,1-4H3,(H,22,24)/t14-/m1/s1. The van der Waals surface area contributed by atoms with E-state index in [-0.39, 0.29) is 22.9 Å². The lowest BCUT2D eigenvalue weighted by atomic mass is 10.2. The zero-order chi connectivity index (χ0) is 21.8. The number of carbonyl (C=O) groups is 2. The van der Waals surface area contributed by atoms with E-state index in [9.17, 15) is 18.0 Å². The lowest BCUT2D eigenvalue weighted by Gasteiger charge is -2.28. The minimum atomic E-state index is -3.72. The van der Waals surface area contributed by atoms with Gasteiger partial charge in [0.2, 0.25) is 15.9 Å². The molecule has 1 N–H and O–H groups in total. The first-order valence-electron chi connectivity index (χ1n) is 8.88. The fraction of sp³-hybridized carbons (Fsp3) is 0.300. The third-order valence-electron chi connectivity index (χ3n) is 4.12. The minimum absolute atomic E-state index is 0.136. The molecule has 7 nitrogen and oxygen atoms in total. The molecule has 1 atom stereocenters. The molecule has 9 heteroatoms. The Balaban J connectivity index is 2.26. The van der Waals surface area contributed by atoms with Gasteiger partial charge in [-0.15, -0.1) is 0 Å². The van der Waals surface area contributed by atoms with Gasteiger partial charge in [-0.2, -0.15) is 0 Å². The molecule has 0 aliphatic rings. The molecule has 156 valence electrons. The second-order valence-corrected chi connectivity index (χ2v) is 8.74. The highest BCUT2D eigenvalue weighted by atomic mass is 35.5. The lowest BCUT2D eigenvalue weighted by molar-refractivity contribution is -0.116. The molecule has 0 saturated heterocycles. The van der Waals surface area contributed by atoms with Crippen LogP contribution in [-0.4, -0.2) is 39.2 Å². The number of aryl methyl sites for hydroxylation is 1. The van der Waals surface area contributed by atoms with Gasteiger partial charge in [0.15, 0.2) is 0 Å². The van der Waals surface area contributed by atoms with Crippen molar-refractivity contribution in [2.45, 2.75) is 26.8 Å². The second-order valence-electron chi connectivity index (χ2n) is 6.47. The maximum Gasteiger partial charge on any atom is 0.338 e. The van der Waals surface area contributed by atoms with Crippen LogP contribution in [0.2, 0.25) is 5.02 Å². The average molecular weight is 439 g/mol. The molecule has 0 saturated carbocycles. The highest BCUT2D eigenvalue weighted by Gasteiger charge is 2.29. The number of hydrogen-bond donors (Lipinski definition) is 1. The number of anilines is 2. The van der Waals surface area contributed by atoms with Crippen molar-refractivity contribution in [2.75, 3.05) is 22.5 Å². The molecule has 2 aromatic carbocycles. The van der Waals surface area contributed by atoms with E-state index in [0.717, 1.165) is 16.1 Å². The summed E-state index contributed by atoms with van der Waals surface area (Å²) in [6, 6.07) is 10.1. The number of nitrogens with zero attached hydrogens (tertiary/aromatic N) is 1. The Bertz CT molecular complexity index is 1010. The van der Waals surface area contributed by atoms with Gasteiger partial charge in [0.05, 0.1) is 34.8 Å². The van der Waals surface area contributed by atoms with Gasteiger partial charge >= 0.3 is 5.97 Å². The fourth-order valence-electron chi connectivity index (χ4n) is 2.70. The van der Waals surface area contributed by atoms with Gasteiger partial charge in [0, 0.05) is 0 Å². The molecule has 0 heterocycles. The minimum Gasteiger partial charge on any atom is -0.462 e. The molecule has 0 aromatic heterocycles. The van der Waals surface area contributed by atoms with Gasteiger partial charge < -0.3 is 10.1 Å². The SMILES string of the molecule is CCOC(=O)c1ccc(NC(=O)[C@@H](C)N(c2ccc(C)cc2)S(C)(=O)=O)c(Cl)c1. The molecule has 29 heavy (non-hydrogen) atoms. The molecule has 0 radical (unpaired) electrons. The summed E-state index contributed by atoms with van der Waals surface area (Å²) in [5, 5.41) is 2.75. The van der Waals surface area contributed by atoms with Crippen molar-refractivity contribution in [1.29, 1.82) is 0 Å². The van der Waals surface area contributed by atoms with Crippen molar-refractivity contribution in [2.24, 2.45) is 0 Å². The highest BCUT2D eigenvalue weighted by molar-refractivity contribution is 7.92. The van der Waals surface area contributed by atoms with Crippen LogP contribution in [0.1, 0.15) is 29.8 Å². The molecule has 0 aliphatic carbocycles. The molecule has 2 rings (SSSR count). The zero-order valence-corrected chi connectivity index (χ0v) is 18.2. The first kappa shape index (κ1) is 22.7. The maximum atomic E-state index is 12.7. The van der Waals surface area contributed by atoms with Gasteiger partial charge in [0.25, 0.3) is 0 Å². The topological polar surface area (TPSA) is 92.8 Å². The zero-order valence-electron chi connectivity index (χ0n) is 16.6. The van der Waals surface area contributed by atoms with Crippen LogP contribution < -0.4 is 9.62 Å². The van der Waals surface area contributed by atoms with Crippen molar-refractivity contribution in [3.63, 3.8) is 0 Å². The largest absolute Gasteiger partial charge is 0.462 e. The molecule has 0 fully saturated rings. The van der Waals surface area contributed by atoms with E-state index in [1.807, 2.05) is 6.92 Å². The smallest absolute Gasteiger partial charge is 0.338 e. The Morgan fingerprint density at radius 1 is 1.17 bits per heavy atom. The van der Waals surface area contributed by atoms with E-state index < -0.39 is 27.9 Å². The number of esters is 1. The summed E-state index contributed by atoms with van der Waals surface area (Å²) in [4.78, 5) is 24.5. The van der Waals surface area contributed by atoms with E-state index in [4.69, 9.17) is 16.3 Å². The highest BCUT2D eigenvalue weighted by Crippen LogP contribution is 2.26. The number of benzene rings is 2. The van der Waals surface area contributed by atoms with Crippen molar-refractivity contribution in [3.8, 4) is 0 Å². The van der Waals surface area contributed by atoms with Crippen LogP contribution in [0.5, 0.6) is 0 Å². The first-order valence-corrected chi connectivity index (χ1v) is 11.1. The maximum absolute atomic E-state index is 12.7. The van der Waals surface area contributed by atoms with Gasteiger partial charge in [-0.05, 0) is 51.1 Å². The molecular formula is C20H23ClN2O5S. The monoisotopic (exact) mass is 438 g/mol. The van der Waals surface area contributed by atoms with E-state index in [2.05, 4.69) is 5.32 Å². The van der Waals surface area contributed by atoms with Gasteiger partial charge in [-0.3, -0.25) is 9.10 Å². The van der Waals surface area contributed by atoms with Crippen molar-refractivity contribution in [3.05, 3.63) is 58.6 Å². The molecule has 2 aromatic rings.